The molecule has 6 nitrogen and oxygen atoms in total. The van der Waals surface area contributed by atoms with E-state index >= 15 is 0 Å². The Labute approximate surface area is 258 Å². The predicted molar refractivity (Wildman–Crippen MR) is 162 cm³/mol. The minimum atomic E-state index is -4.48. The summed E-state index contributed by atoms with van der Waals surface area (Å²) in [6, 6.07) is 12.8. The molecule has 0 bridgehead atoms. The van der Waals surface area contributed by atoms with Crippen LogP contribution in [0.15, 0.2) is 48.5 Å². The molecule has 2 aromatic rings. The Morgan fingerprint density at radius 1 is 0.977 bits per heavy atom. The number of hydrogen-bond acceptors (Lipinski definition) is 4. The Bertz CT molecular complexity index is 1260. The van der Waals surface area contributed by atoms with E-state index in [0.29, 0.717) is 44.7 Å². The van der Waals surface area contributed by atoms with Gasteiger partial charge in [0.15, 0.2) is 0 Å². The van der Waals surface area contributed by atoms with Crippen LogP contribution in [0.1, 0.15) is 76.6 Å². The first-order valence-corrected chi connectivity index (χ1v) is 15.4. The molecule has 4 rings (SSSR count). The van der Waals surface area contributed by atoms with Crippen molar-refractivity contribution in [1.29, 1.82) is 0 Å². The van der Waals surface area contributed by atoms with E-state index < -0.39 is 17.3 Å². The molecule has 10 heteroatoms. The second-order valence-electron chi connectivity index (χ2n) is 13.1. The summed E-state index contributed by atoms with van der Waals surface area (Å²) in [5.41, 5.74) is 0.221. The number of likely N-dealkylation sites (tertiary alicyclic amines) is 1. The van der Waals surface area contributed by atoms with Crippen LogP contribution in [0.3, 0.4) is 0 Å². The van der Waals surface area contributed by atoms with Crippen molar-refractivity contribution in [3.8, 4) is 0 Å². The second-order valence-corrected chi connectivity index (χ2v) is 13.5. The lowest BCUT2D eigenvalue weighted by atomic mass is 9.90. The molecular weight excluding hydrogens is 579 g/mol. The van der Waals surface area contributed by atoms with Crippen molar-refractivity contribution in [1.82, 2.24) is 14.7 Å². The first kappa shape index (κ1) is 33.1. The summed E-state index contributed by atoms with van der Waals surface area (Å²) < 4.78 is 45.7. The number of halogens is 4. The molecular formula is C33H43ClF3N3O3. The van der Waals surface area contributed by atoms with Crippen molar-refractivity contribution in [2.24, 2.45) is 11.8 Å². The number of piperidine rings is 1. The molecule has 2 saturated heterocycles. The quantitative estimate of drug-likeness (QED) is 0.332. The van der Waals surface area contributed by atoms with Gasteiger partial charge in [0, 0.05) is 50.2 Å². The lowest BCUT2D eigenvalue weighted by Crippen LogP contribution is -2.58. The summed E-state index contributed by atoms with van der Waals surface area (Å²) in [4.78, 5) is 32.0. The standard InChI is InChI=1S/C33H43ClF3N3O3/c1-22(2)28-21-39(30(24-9-7-6-8-10-24)26-12-11-25(20-27(26)34)33(35,36)37)17-18-40(28)29(41)19-23-13-15-38(16-14-23)31(42)43-32(3,4)5/h6-12,20,22-23,28,30H,13-19,21H2,1-5H3/t28-,30?/m1/s1. The van der Waals surface area contributed by atoms with Crippen LogP contribution in [0.4, 0.5) is 18.0 Å². The maximum Gasteiger partial charge on any atom is 0.416 e. The summed E-state index contributed by atoms with van der Waals surface area (Å²) in [5, 5.41) is 0.0704. The predicted octanol–water partition coefficient (Wildman–Crippen LogP) is 7.65. The monoisotopic (exact) mass is 621 g/mol. The third-order valence-corrected chi connectivity index (χ3v) is 8.70. The van der Waals surface area contributed by atoms with Gasteiger partial charge in [-0.3, -0.25) is 9.69 Å². The molecule has 2 aliphatic heterocycles. The van der Waals surface area contributed by atoms with Crippen LogP contribution in [0.5, 0.6) is 0 Å². The summed E-state index contributed by atoms with van der Waals surface area (Å²) in [6.07, 6.45) is -2.86. The van der Waals surface area contributed by atoms with Crippen molar-refractivity contribution in [3.05, 3.63) is 70.2 Å². The van der Waals surface area contributed by atoms with Crippen LogP contribution in [0, 0.1) is 11.8 Å². The van der Waals surface area contributed by atoms with Gasteiger partial charge in [0.2, 0.25) is 5.91 Å². The van der Waals surface area contributed by atoms with E-state index in [1.807, 2.05) is 56.0 Å². The second kappa shape index (κ2) is 13.5. The van der Waals surface area contributed by atoms with E-state index in [9.17, 15) is 22.8 Å². The van der Waals surface area contributed by atoms with E-state index in [1.165, 1.54) is 6.07 Å². The van der Waals surface area contributed by atoms with E-state index in [-0.39, 0.29) is 40.9 Å². The van der Waals surface area contributed by atoms with Crippen LogP contribution in [0.25, 0.3) is 0 Å². The summed E-state index contributed by atoms with van der Waals surface area (Å²) in [6.45, 7) is 12.5. The molecule has 0 radical (unpaired) electrons. The number of ether oxygens (including phenoxy) is 1. The van der Waals surface area contributed by atoms with E-state index in [1.54, 1.807) is 4.90 Å². The molecule has 2 amide bonds. The van der Waals surface area contributed by atoms with Gasteiger partial charge >= 0.3 is 12.3 Å². The SMILES string of the molecule is CC(C)[C@H]1CN(C(c2ccccc2)c2ccc(C(F)(F)F)cc2Cl)CCN1C(=O)CC1CCN(C(=O)OC(C)(C)C)CC1. The minimum absolute atomic E-state index is 0.0671. The Kier molecular flexibility index (Phi) is 10.4. The van der Waals surface area contributed by atoms with Gasteiger partial charge in [0.25, 0.3) is 0 Å². The average molecular weight is 622 g/mol. The van der Waals surface area contributed by atoms with Crippen LogP contribution in [-0.4, -0.2) is 71.1 Å². The Morgan fingerprint density at radius 2 is 1.63 bits per heavy atom. The molecule has 0 spiro atoms. The smallest absolute Gasteiger partial charge is 0.416 e. The fraction of sp³-hybridized carbons (Fsp3) is 0.576. The highest BCUT2D eigenvalue weighted by Crippen LogP contribution is 2.39. The van der Waals surface area contributed by atoms with E-state index in [2.05, 4.69) is 18.7 Å². The fourth-order valence-electron chi connectivity index (χ4n) is 6.10. The van der Waals surface area contributed by atoms with Crippen LogP contribution in [0.2, 0.25) is 5.02 Å². The molecule has 1 unspecified atom stereocenters. The van der Waals surface area contributed by atoms with Crippen molar-refractivity contribution in [2.45, 2.75) is 77.7 Å². The van der Waals surface area contributed by atoms with Crippen molar-refractivity contribution in [2.75, 3.05) is 32.7 Å². The fourth-order valence-corrected chi connectivity index (χ4v) is 6.39. The molecule has 0 saturated carbocycles. The first-order chi connectivity index (χ1) is 20.1. The van der Waals surface area contributed by atoms with Crippen LogP contribution in [-0.2, 0) is 15.7 Å². The Balaban J connectivity index is 1.47. The van der Waals surface area contributed by atoms with Crippen molar-refractivity contribution in [3.63, 3.8) is 0 Å². The number of hydrogen-bond donors (Lipinski definition) is 0. The normalized spacial score (nSPS) is 19.9. The van der Waals surface area contributed by atoms with E-state index in [4.69, 9.17) is 16.3 Å². The number of amides is 2. The molecule has 0 aromatic heterocycles. The van der Waals surface area contributed by atoms with Crippen LogP contribution < -0.4 is 0 Å². The molecule has 2 heterocycles. The number of rotatable bonds is 6. The maximum atomic E-state index is 13.7. The highest BCUT2D eigenvalue weighted by atomic mass is 35.5. The highest BCUT2D eigenvalue weighted by molar-refractivity contribution is 6.31. The maximum absolute atomic E-state index is 13.7. The molecule has 0 aliphatic carbocycles. The zero-order valence-corrected chi connectivity index (χ0v) is 26.4. The van der Waals surface area contributed by atoms with Gasteiger partial charge < -0.3 is 14.5 Å². The third-order valence-electron chi connectivity index (χ3n) is 8.37. The molecule has 0 N–H and O–H groups in total. The molecule has 2 aliphatic rings. The number of nitrogens with zero attached hydrogens (tertiary/aromatic N) is 3. The molecule has 43 heavy (non-hydrogen) atoms. The zero-order chi connectivity index (χ0) is 31.5. The number of benzene rings is 2. The number of carbonyl (C=O) groups is 2. The Morgan fingerprint density at radius 3 is 2.19 bits per heavy atom. The molecule has 236 valence electrons. The summed E-state index contributed by atoms with van der Waals surface area (Å²) in [5.74, 6) is 0.471. The van der Waals surface area contributed by atoms with Gasteiger partial charge in [0.1, 0.15) is 5.60 Å². The Hall–Kier alpha value is -2.78. The van der Waals surface area contributed by atoms with Crippen molar-refractivity contribution < 1.29 is 27.5 Å². The minimum Gasteiger partial charge on any atom is -0.444 e. The number of alkyl halides is 3. The van der Waals surface area contributed by atoms with Gasteiger partial charge in [-0.1, -0.05) is 61.8 Å². The lowest BCUT2D eigenvalue weighted by molar-refractivity contribution is -0.139. The van der Waals surface area contributed by atoms with Gasteiger partial charge in [-0.05, 0) is 68.7 Å². The van der Waals surface area contributed by atoms with Gasteiger partial charge in [-0.2, -0.15) is 13.2 Å². The topological polar surface area (TPSA) is 53.1 Å². The largest absolute Gasteiger partial charge is 0.444 e. The third kappa shape index (κ3) is 8.44. The number of piperazine rings is 1. The van der Waals surface area contributed by atoms with E-state index in [0.717, 1.165) is 30.5 Å². The summed E-state index contributed by atoms with van der Waals surface area (Å²) in [7, 11) is 0. The first-order valence-electron chi connectivity index (χ1n) is 15.1. The number of carbonyl (C=O) groups excluding carboxylic acids is 2. The van der Waals surface area contributed by atoms with Gasteiger partial charge in [-0.15, -0.1) is 0 Å². The average Bonchev–Trinajstić information content (AvgIpc) is 2.93. The molecule has 2 fully saturated rings. The highest BCUT2D eigenvalue weighted by Gasteiger charge is 2.38. The van der Waals surface area contributed by atoms with Crippen LogP contribution >= 0.6 is 11.6 Å². The van der Waals surface area contributed by atoms with Gasteiger partial charge in [-0.25, -0.2) is 4.79 Å². The zero-order valence-electron chi connectivity index (χ0n) is 25.7. The summed E-state index contributed by atoms with van der Waals surface area (Å²) >= 11 is 6.52. The molecule has 2 atom stereocenters. The van der Waals surface area contributed by atoms with Gasteiger partial charge in [0.05, 0.1) is 11.6 Å². The molecule has 2 aromatic carbocycles. The van der Waals surface area contributed by atoms with Crippen molar-refractivity contribution >= 4 is 23.6 Å². The lowest BCUT2D eigenvalue weighted by Gasteiger charge is -2.47.